The molecule has 0 aromatic heterocycles. The Hall–Kier alpha value is -2.29. The molecule has 3 heteroatoms. The molecular formula is C23H24O3. The van der Waals surface area contributed by atoms with E-state index in [1.54, 1.807) is 0 Å². The molecule has 5 rings (SSSR count). The van der Waals surface area contributed by atoms with E-state index in [1.165, 1.54) is 43.2 Å². The van der Waals surface area contributed by atoms with Gasteiger partial charge in [-0.25, -0.2) is 4.79 Å². The highest BCUT2D eigenvalue weighted by atomic mass is 16.5. The Bertz CT molecular complexity index is 835. The lowest BCUT2D eigenvalue weighted by molar-refractivity contribution is 0.0535. The minimum Gasteiger partial charge on any atom is -0.485 e. The molecule has 3 aliphatic rings. The van der Waals surface area contributed by atoms with Crippen molar-refractivity contribution in [3.05, 3.63) is 64.7 Å². The van der Waals surface area contributed by atoms with Crippen LogP contribution in [-0.2, 0) is 17.8 Å². The number of fused-ring (bicyclic) bond motifs is 2. The van der Waals surface area contributed by atoms with E-state index in [1.807, 2.05) is 18.2 Å². The fourth-order valence-corrected chi connectivity index (χ4v) is 5.05. The minimum absolute atomic E-state index is 0.116. The van der Waals surface area contributed by atoms with Gasteiger partial charge >= 0.3 is 5.97 Å². The van der Waals surface area contributed by atoms with Crippen LogP contribution in [0.2, 0.25) is 0 Å². The number of rotatable bonds is 3. The van der Waals surface area contributed by atoms with Crippen molar-refractivity contribution in [2.75, 3.05) is 0 Å². The largest absolute Gasteiger partial charge is 0.485 e. The highest BCUT2D eigenvalue weighted by molar-refractivity contribution is 5.93. The number of hydrogen-bond acceptors (Lipinski definition) is 3. The predicted molar refractivity (Wildman–Crippen MR) is 99.1 cm³/mol. The molecular weight excluding hydrogens is 324 g/mol. The number of carbonyl (C=O) groups is 1. The molecule has 1 saturated carbocycles. The molecule has 134 valence electrons. The molecule has 2 aromatic rings. The average Bonchev–Trinajstić information content (AvgIpc) is 3.24. The lowest BCUT2D eigenvalue weighted by Gasteiger charge is -2.32. The quantitative estimate of drug-likeness (QED) is 0.713. The molecule has 0 bridgehead atoms. The van der Waals surface area contributed by atoms with Gasteiger partial charge in [-0.05, 0) is 41.7 Å². The molecule has 0 amide bonds. The Morgan fingerprint density at radius 1 is 0.962 bits per heavy atom. The predicted octanol–water partition coefficient (Wildman–Crippen LogP) is 5.23. The van der Waals surface area contributed by atoms with Gasteiger partial charge in [-0.1, -0.05) is 56.4 Å². The highest BCUT2D eigenvalue weighted by Gasteiger charge is 2.39. The van der Waals surface area contributed by atoms with Gasteiger partial charge in [0.05, 0.1) is 5.56 Å². The fourth-order valence-electron chi connectivity index (χ4n) is 5.05. The molecule has 26 heavy (non-hydrogen) atoms. The smallest absolute Gasteiger partial charge is 0.338 e. The maximum atomic E-state index is 11.7. The average molecular weight is 348 g/mol. The summed E-state index contributed by atoms with van der Waals surface area (Å²) in [7, 11) is 0. The second-order valence-corrected chi connectivity index (χ2v) is 7.90. The Kier molecular flexibility index (Phi) is 3.96. The van der Waals surface area contributed by atoms with Crippen molar-refractivity contribution in [3.63, 3.8) is 0 Å². The Labute approximate surface area is 154 Å². The number of ether oxygens (including phenoxy) is 2. The van der Waals surface area contributed by atoms with Gasteiger partial charge in [-0.2, -0.15) is 0 Å². The van der Waals surface area contributed by atoms with Crippen molar-refractivity contribution in [1.29, 1.82) is 0 Å². The molecule has 2 aromatic carbocycles. The van der Waals surface area contributed by atoms with E-state index in [0.29, 0.717) is 18.1 Å². The Morgan fingerprint density at radius 3 is 2.69 bits per heavy atom. The lowest BCUT2D eigenvalue weighted by atomic mass is 9.77. The van der Waals surface area contributed by atoms with Gasteiger partial charge < -0.3 is 9.47 Å². The maximum Gasteiger partial charge on any atom is 0.338 e. The minimum atomic E-state index is -0.224. The third kappa shape index (κ3) is 2.70. The molecule has 0 spiro atoms. The van der Waals surface area contributed by atoms with Crippen LogP contribution in [0.5, 0.6) is 5.75 Å². The normalized spacial score (nSPS) is 24.8. The van der Waals surface area contributed by atoms with E-state index in [9.17, 15) is 4.79 Å². The first-order chi connectivity index (χ1) is 12.8. The zero-order valence-corrected chi connectivity index (χ0v) is 14.9. The molecule has 0 N–H and O–H groups in total. The molecule has 2 atom stereocenters. The molecule has 2 aliphatic carbocycles. The van der Waals surface area contributed by atoms with Gasteiger partial charge in [0.1, 0.15) is 18.5 Å². The Morgan fingerprint density at radius 2 is 1.81 bits per heavy atom. The van der Waals surface area contributed by atoms with E-state index in [2.05, 4.69) is 24.3 Å². The van der Waals surface area contributed by atoms with Crippen LogP contribution in [0.4, 0.5) is 0 Å². The SMILES string of the molecule is O=C1OCc2cc(OC3c4ccccc4CC3C3CCCCC3)ccc21. The van der Waals surface area contributed by atoms with Crippen LogP contribution in [0.15, 0.2) is 42.5 Å². The number of cyclic esters (lactones) is 1. The summed E-state index contributed by atoms with van der Waals surface area (Å²) in [5.74, 6) is 1.93. The maximum absolute atomic E-state index is 11.7. The summed E-state index contributed by atoms with van der Waals surface area (Å²) in [4.78, 5) is 11.7. The van der Waals surface area contributed by atoms with Crippen molar-refractivity contribution in [2.45, 2.75) is 51.2 Å². The fraction of sp³-hybridized carbons (Fsp3) is 0.435. The second kappa shape index (κ2) is 6.46. The Balaban J connectivity index is 1.45. The zero-order valence-electron chi connectivity index (χ0n) is 14.9. The third-order valence-electron chi connectivity index (χ3n) is 6.38. The summed E-state index contributed by atoms with van der Waals surface area (Å²) >= 11 is 0. The van der Waals surface area contributed by atoms with Gasteiger partial charge in [0.25, 0.3) is 0 Å². The van der Waals surface area contributed by atoms with Crippen LogP contribution in [0.1, 0.15) is 65.3 Å². The van der Waals surface area contributed by atoms with Crippen molar-refractivity contribution in [1.82, 2.24) is 0 Å². The third-order valence-corrected chi connectivity index (χ3v) is 6.38. The summed E-state index contributed by atoms with van der Waals surface area (Å²) in [5.41, 5.74) is 4.39. The summed E-state index contributed by atoms with van der Waals surface area (Å²) < 4.78 is 11.7. The van der Waals surface area contributed by atoms with Gasteiger partial charge in [-0.15, -0.1) is 0 Å². The van der Waals surface area contributed by atoms with Crippen LogP contribution >= 0.6 is 0 Å². The first-order valence-corrected chi connectivity index (χ1v) is 9.84. The first kappa shape index (κ1) is 15.9. The van der Waals surface area contributed by atoms with Crippen molar-refractivity contribution in [2.24, 2.45) is 11.8 Å². The number of esters is 1. The van der Waals surface area contributed by atoms with Gasteiger partial charge in [-0.3, -0.25) is 0 Å². The van der Waals surface area contributed by atoms with Crippen molar-refractivity contribution in [3.8, 4) is 5.75 Å². The van der Waals surface area contributed by atoms with Crippen LogP contribution in [0.25, 0.3) is 0 Å². The summed E-state index contributed by atoms with van der Waals surface area (Å²) in [5, 5.41) is 0. The summed E-state index contributed by atoms with van der Waals surface area (Å²) in [6.07, 6.45) is 7.96. The standard InChI is InChI=1S/C23H24O3/c24-23-20-11-10-18(12-17(20)14-25-23)26-22-19-9-5-4-8-16(19)13-21(22)15-6-2-1-3-7-15/h4-5,8-12,15,21-22H,1-3,6-7,13-14H2. The molecule has 2 unspecified atom stereocenters. The van der Waals surface area contributed by atoms with Crippen LogP contribution in [0.3, 0.4) is 0 Å². The summed E-state index contributed by atoms with van der Waals surface area (Å²) in [6, 6.07) is 14.5. The van der Waals surface area contributed by atoms with Gasteiger partial charge in [0, 0.05) is 11.5 Å². The first-order valence-electron chi connectivity index (χ1n) is 9.84. The van der Waals surface area contributed by atoms with E-state index >= 15 is 0 Å². The topological polar surface area (TPSA) is 35.5 Å². The molecule has 1 fully saturated rings. The lowest BCUT2D eigenvalue weighted by Crippen LogP contribution is -2.25. The van der Waals surface area contributed by atoms with E-state index < -0.39 is 0 Å². The highest BCUT2D eigenvalue weighted by Crippen LogP contribution is 2.47. The molecule has 0 radical (unpaired) electrons. The van der Waals surface area contributed by atoms with E-state index in [0.717, 1.165) is 23.7 Å². The molecule has 1 aliphatic heterocycles. The van der Waals surface area contributed by atoms with Gasteiger partial charge in [0.2, 0.25) is 0 Å². The molecule has 3 nitrogen and oxygen atoms in total. The van der Waals surface area contributed by atoms with E-state index in [4.69, 9.17) is 9.47 Å². The van der Waals surface area contributed by atoms with Crippen LogP contribution in [0, 0.1) is 11.8 Å². The van der Waals surface area contributed by atoms with Crippen LogP contribution < -0.4 is 4.74 Å². The second-order valence-electron chi connectivity index (χ2n) is 7.90. The van der Waals surface area contributed by atoms with Crippen LogP contribution in [-0.4, -0.2) is 5.97 Å². The van der Waals surface area contributed by atoms with Gasteiger partial charge in [0.15, 0.2) is 0 Å². The number of carbonyl (C=O) groups excluding carboxylic acids is 1. The van der Waals surface area contributed by atoms with E-state index in [-0.39, 0.29) is 12.1 Å². The zero-order chi connectivity index (χ0) is 17.5. The molecule has 0 saturated heterocycles. The molecule has 1 heterocycles. The summed E-state index contributed by atoms with van der Waals surface area (Å²) in [6.45, 7) is 0.360. The monoisotopic (exact) mass is 348 g/mol. The van der Waals surface area contributed by atoms with Crippen molar-refractivity contribution < 1.29 is 14.3 Å². The number of benzene rings is 2. The van der Waals surface area contributed by atoms with Crippen molar-refractivity contribution >= 4 is 5.97 Å². The number of hydrogen-bond donors (Lipinski definition) is 0.